The highest BCUT2D eigenvalue weighted by molar-refractivity contribution is 6.31. The van der Waals surface area contributed by atoms with Gasteiger partial charge in [-0.1, -0.05) is 29.8 Å². The van der Waals surface area contributed by atoms with Gasteiger partial charge in [0.15, 0.2) is 0 Å². The van der Waals surface area contributed by atoms with Crippen molar-refractivity contribution in [3.63, 3.8) is 0 Å². The molecule has 0 radical (unpaired) electrons. The van der Waals surface area contributed by atoms with E-state index in [1.807, 2.05) is 0 Å². The molecule has 24 heavy (non-hydrogen) atoms. The number of halogens is 1. The number of hydrogen-bond acceptors (Lipinski definition) is 3. The lowest BCUT2D eigenvalue weighted by Gasteiger charge is -2.07. The monoisotopic (exact) mass is 339 g/mol. The van der Waals surface area contributed by atoms with Crippen molar-refractivity contribution in [1.82, 2.24) is 14.8 Å². The number of aromatic amines is 2. The van der Waals surface area contributed by atoms with Crippen LogP contribution in [0.2, 0.25) is 5.02 Å². The molecule has 4 rings (SSSR count). The quantitative estimate of drug-likeness (QED) is 0.521. The summed E-state index contributed by atoms with van der Waals surface area (Å²) in [5.74, 6) is 0. The van der Waals surface area contributed by atoms with Crippen molar-refractivity contribution in [2.45, 2.75) is 0 Å². The molecule has 2 heterocycles. The summed E-state index contributed by atoms with van der Waals surface area (Å²) in [5, 5.41) is 3.03. The van der Waals surface area contributed by atoms with Crippen molar-refractivity contribution in [3.8, 4) is 5.69 Å². The first-order valence-electron chi connectivity index (χ1n) is 7.12. The Bertz CT molecular complexity index is 1270. The smallest absolute Gasteiger partial charge is 0.287 e. The molecule has 2 N–H and O–H groups in total. The molecule has 0 aliphatic heterocycles. The number of benzene rings is 2. The number of H-pyrrole nitrogens is 2. The van der Waals surface area contributed by atoms with Gasteiger partial charge < -0.3 is 4.98 Å². The summed E-state index contributed by atoms with van der Waals surface area (Å²) in [6.45, 7) is 0. The van der Waals surface area contributed by atoms with E-state index in [4.69, 9.17) is 11.6 Å². The van der Waals surface area contributed by atoms with Gasteiger partial charge in [-0.2, -0.15) is 0 Å². The van der Waals surface area contributed by atoms with E-state index in [1.54, 1.807) is 42.5 Å². The Labute approximate surface area is 138 Å². The molecule has 0 fully saturated rings. The molecule has 0 aliphatic carbocycles. The summed E-state index contributed by atoms with van der Waals surface area (Å²) in [5.41, 5.74) is -0.844. The van der Waals surface area contributed by atoms with Crippen LogP contribution >= 0.6 is 11.6 Å². The third kappa shape index (κ3) is 2.08. The van der Waals surface area contributed by atoms with Gasteiger partial charge in [0.25, 0.3) is 11.1 Å². The van der Waals surface area contributed by atoms with Crippen molar-refractivity contribution < 1.29 is 0 Å². The van der Waals surface area contributed by atoms with Crippen LogP contribution in [0.5, 0.6) is 0 Å². The van der Waals surface area contributed by atoms with E-state index >= 15 is 0 Å². The maximum Gasteiger partial charge on any atom is 0.287 e. The second-order valence-corrected chi connectivity index (χ2v) is 5.75. The molecule has 0 aliphatic rings. The fraction of sp³-hybridized carbons (Fsp3) is 0. The van der Waals surface area contributed by atoms with Crippen molar-refractivity contribution in [1.29, 1.82) is 0 Å². The molecule has 4 aromatic rings. The summed E-state index contributed by atoms with van der Waals surface area (Å²) in [7, 11) is 0. The van der Waals surface area contributed by atoms with Gasteiger partial charge in [-0.15, -0.1) is 0 Å². The molecule has 0 atom stereocenters. The van der Waals surface area contributed by atoms with E-state index in [0.717, 1.165) is 4.68 Å². The lowest BCUT2D eigenvalue weighted by Crippen LogP contribution is -2.32. The van der Waals surface area contributed by atoms with Crippen molar-refractivity contribution in [2.24, 2.45) is 0 Å². The second kappa shape index (κ2) is 5.21. The first kappa shape index (κ1) is 14.5. The zero-order chi connectivity index (χ0) is 16.8. The first-order chi connectivity index (χ1) is 11.6. The zero-order valence-corrected chi connectivity index (χ0v) is 12.9. The molecule has 7 heteroatoms. The summed E-state index contributed by atoms with van der Waals surface area (Å²) >= 11 is 5.92. The lowest BCUT2D eigenvalue weighted by molar-refractivity contribution is 0.799. The fourth-order valence-electron chi connectivity index (χ4n) is 2.72. The minimum Gasteiger partial charge on any atom is -0.350 e. The lowest BCUT2D eigenvalue weighted by atomic mass is 10.1. The van der Waals surface area contributed by atoms with E-state index in [0.29, 0.717) is 21.6 Å². The van der Waals surface area contributed by atoms with Gasteiger partial charge in [-0.05, 0) is 30.3 Å². The summed E-state index contributed by atoms with van der Waals surface area (Å²) in [6.07, 6.45) is 0. The second-order valence-electron chi connectivity index (χ2n) is 5.31. The van der Waals surface area contributed by atoms with Gasteiger partial charge in [0, 0.05) is 10.4 Å². The highest BCUT2D eigenvalue weighted by Crippen LogP contribution is 2.16. The van der Waals surface area contributed by atoms with Crippen molar-refractivity contribution >= 4 is 33.4 Å². The van der Waals surface area contributed by atoms with Crippen LogP contribution in [-0.4, -0.2) is 14.8 Å². The average molecular weight is 340 g/mol. The Morgan fingerprint density at radius 3 is 2.46 bits per heavy atom. The molecule has 2 aromatic heterocycles. The van der Waals surface area contributed by atoms with Crippen LogP contribution in [0.4, 0.5) is 0 Å². The minimum atomic E-state index is -0.589. The predicted molar refractivity (Wildman–Crippen MR) is 93.3 cm³/mol. The molecule has 0 unspecified atom stereocenters. The van der Waals surface area contributed by atoms with Gasteiger partial charge in [-0.25, -0.2) is 4.68 Å². The van der Waals surface area contributed by atoms with Crippen LogP contribution in [0.15, 0.2) is 62.9 Å². The number of pyridine rings is 1. The number of fused-ring (bicyclic) bond motifs is 2. The Kier molecular flexibility index (Phi) is 3.14. The summed E-state index contributed by atoms with van der Waals surface area (Å²) in [6, 6.07) is 13.2. The van der Waals surface area contributed by atoms with Crippen molar-refractivity contribution in [3.05, 3.63) is 84.5 Å². The fourth-order valence-corrected chi connectivity index (χ4v) is 2.89. The highest BCUT2D eigenvalue weighted by Gasteiger charge is 2.15. The Balaban J connectivity index is 2.22. The van der Waals surface area contributed by atoms with Crippen LogP contribution in [0.25, 0.3) is 27.5 Å². The predicted octanol–water partition coefficient (Wildman–Crippen LogP) is 2.17. The Morgan fingerprint density at radius 2 is 1.71 bits per heavy atom. The first-order valence-corrected chi connectivity index (χ1v) is 7.50. The van der Waals surface area contributed by atoms with E-state index in [-0.39, 0.29) is 10.9 Å². The largest absolute Gasteiger partial charge is 0.350 e. The molecule has 2 aromatic carbocycles. The zero-order valence-electron chi connectivity index (χ0n) is 12.2. The van der Waals surface area contributed by atoms with E-state index in [1.165, 1.54) is 6.07 Å². The number of nitrogens with zero attached hydrogens (tertiary/aromatic N) is 1. The minimum absolute atomic E-state index is 0.0630. The normalized spacial score (nSPS) is 11.2. The van der Waals surface area contributed by atoms with Gasteiger partial charge >= 0.3 is 0 Å². The van der Waals surface area contributed by atoms with Gasteiger partial charge in [-0.3, -0.25) is 19.5 Å². The van der Waals surface area contributed by atoms with Crippen LogP contribution in [0.3, 0.4) is 0 Å². The molecule has 0 saturated carbocycles. The Morgan fingerprint density at radius 1 is 0.958 bits per heavy atom. The van der Waals surface area contributed by atoms with E-state index in [9.17, 15) is 14.4 Å². The third-order valence-electron chi connectivity index (χ3n) is 3.83. The van der Waals surface area contributed by atoms with Crippen molar-refractivity contribution in [2.75, 3.05) is 0 Å². The molecular weight excluding hydrogens is 330 g/mol. The topological polar surface area (TPSA) is 87.7 Å². The van der Waals surface area contributed by atoms with E-state index in [2.05, 4.69) is 10.1 Å². The molecule has 118 valence electrons. The van der Waals surface area contributed by atoms with Crippen LogP contribution in [0.1, 0.15) is 0 Å². The summed E-state index contributed by atoms with van der Waals surface area (Å²) in [4.78, 5) is 40.7. The molecule has 0 amide bonds. The standard InChI is InChI=1S/C17H10ClN3O3/c18-9-6-7-11-12(8-9)19-14-13(15(11)22)17(24)21(20-16(14)23)10-4-2-1-3-5-10/h1-8H,(H,19,22)(H,20,23). The number of hydrogen-bond donors (Lipinski definition) is 2. The molecule has 0 saturated heterocycles. The van der Waals surface area contributed by atoms with Gasteiger partial charge in [0.05, 0.1) is 11.2 Å². The number of para-hydroxylation sites is 1. The van der Waals surface area contributed by atoms with Crippen LogP contribution in [-0.2, 0) is 0 Å². The molecule has 6 nitrogen and oxygen atoms in total. The maximum atomic E-state index is 12.8. The van der Waals surface area contributed by atoms with Crippen LogP contribution < -0.4 is 16.5 Å². The SMILES string of the molecule is O=c1[nH]n(-c2ccccc2)c(=O)c2c(=O)c3ccc(Cl)cc3[nH]c12. The number of aromatic nitrogens is 3. The molecule has 0 spiro atoms. The number of nitrogens with one attached hydrogen (secondary N) is 2. The van der Waals surface area contributed by atoms with E-state index < -0.39 is 16.5 Å². The molecular formula is C17H10ClN3O3. The average Bonchev–Trinajstić information content (AvgIpc) is 2.58. The van der Waals surface area contributed by atoms with Gasteiger partial charge in [0.2, 0.25) is 5.43 Å². The Hall–Kier alpha value is -3.12. The van der Waals surface area contributed by atoms with Gasteiger partial charge in [0.1, 0.15) is 10.9 Å². The number of rotatable bonds is 1. The maximum absolute atomic E-state index is 12.8. The summed E-state index contributed by atoms with van der Waals surface area (Å²) < 4.78 is 1.07. The highest BCUT2D eigenvalue weighted by atomic mass is 35.5. The van der Waals surface area contributed by atoms with Crippen LogP contribution in [0, 0.1) is 0 Å². The molecule has 0 bridgehead atoms. The third-order valence-corrected chi connectivity index (χ3v) is 4.07.